The lowest BCUT2D eigenvalue weighted by Gasteiger charge is -2.39. The van der Waals surface area contributed by atoms with Crippen LogP contribution in [0.5, 0.6) is 0 Å². The SMILES string of the molecule is C=CCC1(C(=O)NCCSCC(=O)O)CCC1. The molecular weight excluding hydrogens is 238 g/mol. The van der Waals surface area contributed by atoms with Gasteiger partial charge in [-0.15, -0.1) is 18.3 Å². The smallest absolute Gasteiger partial charge is 0.313 e. The third kappa shape index (κ3) is 4.07. The Morgan fingerprint density at radius 2 is 2.18 bits per heavy atom. The number of hydrogen-bond donors (Lipinski definition) is 2. The molecule has 0 aromatic heterocycles. The lowest BCUT2D eigenvalue weighted by atomic mass is 9.66. The molecule has 0 aliphatic heterocycles. The van der Waals surface area contributed by atoms with Crippen molar-refractivity contribution in [3.8, 4) is 0 Å². The molecule has 0 unspecified atom stereocenters. The molecule has 0 radical (unpaired) electrons. The molecule has 5 heteroatoms. The largest absolute Gasteiger partial charge is 0.481 e. The summed E-state index contributed by atoms with van der Waals surface area (Å²) in [4.78, 5) is 22.2. The Balaban J connectivity index is 2.20. The topological polar surface area (TPSA) is 66.4 Å². The summed E-state index contributed by atoms with van der Waals surface area (Å²) in [7, 11) is 0. The second-order valence-corrected chi connectivity index (χ2v) is 5.43. The van der Waals surface area contributed by atoms with E-state index in [4.69, 9.17) is 5.11 Å². The number of carboxylic acids is 1. The molecule has 1 rings (SSSR count). The molecular formula is C12H19NO3S. The van der Waals surface area contributed by atoms with Crippen molar-refractivity contribution in [2.24, 2.45) is 5.41 Å². The summed E-state index contributed by atoms with van der Waals surface area (Å²) < 4.78 is 0. The Morgan fingerprint density at radius 1 is 1.47 bits per heavy atom. The fraction of sp³-hybridized carbons (Fsp3) is 0.667. The fourth-order valence-corrected chi connectivity index (χ4v) is 2.55. The monoisotopic (exact) mass is 257 g/mol. The quantitative estimate of drug-likeness (QED) is 0.513. The summed E-state index contributed by atoms with van der Waals surface area (Å²) in [6, 6.07) is 0. The molecule has 4 nitrogen and oxygen atoms in total. The van der Waals surface area contributed by atoms with Gasteiger partial charge in [0.15, 0.2) is 0 Å². The van der Waals surface area contributed by atoms with Crippen molar-refractivity contribution < 1.29 is 14.7 Å². The van der Waals surface area contributed by atoms with E-state index in [0.717, 1.165) is 25.7 Å². The molecule has 0 spiro atoms. The first-order valence-electron chi connectivity index (χ1n) is 5.79. The van der Waals surface area contributed by atoms with Gasteiger partial charge in [-0.25, -0.2) is 0 Å². The van der Waals surface area contributed by atoms with E-state index in [0.29, 0.717) is 12.3 Å². The molecule has 17 heavy (non-hydrogen) atoms. The van der Waals surface area contributed by atoms with Gasteiger partial charge >= 0.3 is 5.97 Å². The van der Waals surface area contributed by atoms with Gasteiger partial charge in [0.2, 0.25) is 5.91 Å². The van der Waals surface area contributed by atoms with Crippen LogP contribution in [0.2, 0.25) is 0 Å². The zero-order valence-electron chi connectivity index (χ0n) is 9.91. The highest BCUT2D eigenvalue weighted by atomic mass is 32.2. The van der Waals surface area contributed by atoms with Crippen LogP contribution < -0.4 is 5.32 Å². The number of amides is 1. The third-order valence-electron chi connectivity index (χ3n) is 3.08. The molecule has 1 saturated carbocycles. The first-order valence-corrected chi connectivity index (χ1v) is 6.95. The Labute approximate surface area is 106 Å². The van der Waals surface area contributed by atoms with E-state index in [1.54, 1.807) is 6.08 Å². The van der Waals surface area contributed by atoms with Crippen LogP contribution in [0, 0.1) is 5.41 Å². The van der Waals surface area contributed by atoms with E-state index in [2.05, 4.69) is 11.9 Å². The summed E-state index contributed by atoms with van der Waals surface area (Å²) in [5.74, 6) is 0.0126. The van der Waals surface area contributed by atoms with Crippen LogP contribution in [0.1, 0.15) is 25.7 Å². The highest BCUT2D eigenvalue weighted by molar-refractivity contribution is 7.99. The number of carboxylic acid groups (broad SMARTS) is 1. The van der Waals surface area contributed by atoms with Crippen LogP contribution in [0.15, 0.2) is 12.7 Å². The van der Waals surface area contributed by atoms with Gasteiger partial charge in [0, 0.05) is 12.3 Å². The lowest BCUT2D eigenvalue weighted by molar-refractivity contribution is -0.135. The van der Waals surface area contributed by atoms with E-state index in [-0.39, 0.29) is 17.1 Å². The highest BCUT2D eigenvalue weighted by Gasteiger charge is 2.42. The summed E-state index contributed by atoms with van der Waals surface area (Å²) in [5, 5.41) is 11.3. The van der Waals surface area contributed by atoms with Gasteiger partial charge in [-0.05, 0) is 19.3 Å². The number of nitrogens with one attached hydrogen (secondary N) is 1. The summed E-state index contributed by atoms with van der Waals surface area (Å²) in [6.07, 6.45) is 5.52. The number of aliphatic carboxylic acids is 1. The molecule has 1 aliphatic rings. The van der Waals surface area contributed by atoms with Crippen molar-refractivity contribution in [1.29, 1.82) is 0 Å². The van der Waals surface area contributed by atoms with E-state index >= 15 is 0 Å². The number of rotatable bonds is 8. The maximum Gasteiger partial charge on any atom is 0.313 e. The predicted octanol–water partition coefficient (Wildman–Crippen LogP) is 1.67. The molecule has 0 aromatic carbocycles. The Bertz CT molecular complexity index is 300. The molecule has 1 aliphatic carbocycles. The van der Waals surface area contributed by atoms with E-state index in [9.17, 15) is 9.59 Å². The van der Waals surface area contributed by atoms with E-state index < -0.39 is 5.97 Å². The molecule has 0 atom stereocenters. The van der Waals surface area contributed by atoms with E-state index in [1.807, 2.05) is 0 Å². The third-order valence-corrected chi connectivity index (χ3v) is 4.03. The molecule has 96 valence electrons. The Kier molecular flexibility index (Phi) is 5.55. The van der Waals surface area contributed by atoms with Crippen molar-refractivity contribution in [3.05, 3.63) is 12.7 Å². The zero-order valence-corrected chi connectivity index (χ0v) is 10.7. The molecule has 0 heterocycles. The molecule has 2 N–H and O–H groups in total. The standard InChI is InChI=1S/C12H19NO3S/c1-2-4-12(5-3-6-12)11(16)13-7-8-17-9-10(14)15/h2H,1,3-9H2,(H,13,16)(H,14,15). The molecule has 0 aromatic rings. The van der Waals surface area contributed by atoms with Gasteiger partial charge in [-0.2, -0.15) is 0 Å². The minimum absolute atomic E-state index is 0.0909. The normalized spacial score (nSPS) is 16.9. The van der Waals surface area contributed by atoms with Gasteiger partial charge < -0.3 is 10.4 Å². The molecule has 0 bridgehead atoms. The van der Waals surface area contributed by atoms with Gasteiger partial charge in [0.05, 0.1) is 11.2 Å². The maximum atomic E-state index is 11.9. The van der Waals surface area contributed by atoms with Crippen molar-refractivity contribution >= 4 is 23.6 Å². The second kappa shape index (κ2) is 6.69. The number of carbonyl (C=O) groups is 2. The van der Waals surface area contributed by atoms with Crippen LogP contribution in [-0.4, -0.2) is 35.0 Å². The number of allylic oxidation sites excluding steroid dienone is 1. The van der Waals surface area contributed by atoms with Crippen molar-refractivity contribution in [2.45, 2.75) is 25.7 Å². The van der Waals surface area contributed by atoms with Gasteiger partial charge in [-0.1, -0.05) is 12.5 Å². The van der Waals surface area contributed by atoms with Crippen LogP contribution in [0.3, 0.4) is 0 Å². The average Bonchev–Trinajstić information content (AvgIpc) is 2.22. The van der Waals surface area contributed by atoms with Crippen molar-refractivity contribution in [1.82, 2.24) is 5.32 Å². The van der Waals surface area contributed by atoms with Crippen LogP contribution in [0.25, 0.3) is 0 Å². The number of carbonyl (C=O) groups excluding carboxylic acids is 1. The number of thioether (sulfide) groups is 1. The summed E-state index contributed by atoms with van der Waals surface area (Å²) >= 11 is 1.32. The van der Waals surface area contributed by atoms with Crippen LogP contribution in [-0.2, 0) is 9.59 Å². The van der Waals surface area contributed by atoms with Gasteiger partial charge in [-0.3, -0.25) is 9.59 Å². The Morgan fingerprint density at radius 3 is 2.65 bits per heavy atom. The van der Waals surface area contributed by atoms with E-state index in [1.165, 1.54) is 11.8 Å². The van der Waals surface area contributed by atoms with Crippen LogP contribution >= 0.6 is 11.8 Å². The second-order valence-electron chi connectivity index (χ2n) is 4.33. The molecule has 1 amide bonds. The first-order chi connectivity index (χ1) is 8.10. The zero-order chi connectivity index (χ0) is 12.7. The first kappa shape index (κ1) is 14.1. The Hall–Kier alpha value is -0.970. The maximum absolute atomic E-state index is 11.9. The minimum Gasteiger partial charge on any atom is -0.481 e. The number of hydrogen-bond acceptors (Lipinski definition) is 3. The van der Waals surface area contributed by atoms with Crippen molar-refractivity contribution in [3.63, 3.8) is 0 Å². The van der Waals surface area contributed by atoms with Gasteiger partial charge in [0.25, 0.3) is 0 Å². The van der Waals surface area contributed by atoms with Crippen LogP contribution in [0.4, 0.5) is 0 Å². The molecule has 1 fully saturated rings. The predicted molar refractivity (Wildman–Crippen MR) is 69.1 cm³/mol. The average molecular weight is 257 g/mol. The minimum atomic E-state index is -0.816. The van der Waals surface area contributed by atoms with Gasteiger partial charge in [0.1, 0.15) is 0 Å². The summed E-state index contributed by atoms with van der Waals surface area (Å²) in [5.41, 5.74) is -0.223. The fourth-order valence-electron chi connectivity index (χ4n) is 1.99. The van der Waals surface area contributed by atoms with Crippen molar-refractivity contribution in [2.75, 3.05) is 18.1 Å². The lowest BCUT2D eigenvalue weighted by Crippen LogP contribution is -2.46. The molecule has 0 saturated heterocycles. The highest BCUT2D eigenvalue weighted by Crippen LogP contribution is 2.44. The summed E-state index contributed by atoms with van der Waals surface area (Å²) in [6.45, 7) is 4.23.